The maximum Gasteiger partial charge on any atom is 0.240 e. The van der Waals surface area contributed by atoms with Crippen LogP contribution in [0.3, 0.4) is 0 Å². The van der Waals surface area contributed by atoms with Gasteiger partial charge in [-0.25, -0.2) is 0 Å². The van der Waals surface area contributed by atoms with Gasteiger partial charge in [0.1, 0.15) is 17.3 Å². The lowest BCUT2D eigenvalue weighted by molar-refractivity contribution is -0.130. The van der Waals surface area contributed by atoms with E-state index < -0.39 is 11.5 Å². The standard InChI is InChI=1S/C16H22N2O3/c1-12(10-13(19)14-6-5-9-21-14)18-15(20)16(11-17)7-3-2-4-8-16/h5-6,9,12-13,19H,2-4,7-8,10H2,1H3,(H,18,20). The lowest BCUT2D eigenvalue weighted by Gasteiger charge is -2.30. The van der Waals surface area contributed by atoms with E-state index in [2.05, 4.69) is 11.4 Å². The van der Waals surface area contributed by atoms with Crippen molar-refractivity contribution in [2.45, 2.75) is 57.6 Å². The minimum atomic E-state index is -0.887. The van der Waals surface area contributed by atoms with Crippen LogP contribution >= 0.6 is 0 Å². The first-order valence-electron chi connectivity index (χ1n) is 7.51. The Bertz CT molecular complexity index is 498. The highest BCUT2D eigenvalue weighted by Crippen LogP contribution is 2.36. The summed E-state index contributed by atoms with van der Waals surface area (Å²) < 4.78 is 5.14. The molecule has 1 heterocycles. The Morgan fingerprint density at radius 3 is 2.81 bits per heavy atom. The molecule has 2 atom stereocenters. The van der Waals surface area contributed by atoms with Crippen molar-refractivity contribution in [1.29, 1.82) is 5.26 Å². The SMILES string of the molecule is CC(CC(O)c1ccco1)NC(=O)C1(C#N)CCCCC1. The molecule has 1 saturated carbocycles. The summed E-state index contributed by atoms with van der Waals surface area (Å²) in [6, 6.07) is 5.41. The molecule has 0 aromatic carbocycles. The number of aliphatic hydroxyl groups is 1. The van der Waals surface area contributed by atoms with Crippen LogP contribution in [0.2, 0.25) is 0 Å². The van der Waals surface area contributed by atoms with Crippen LogP contribution in [0.4, 0.5) is 0 Å². The van der Waals surface area contributed by atoms with E-state index in [9.17, 15) is 15.2 Å². The average molecular weight is 290 g/mol. The van der Waals surface area contributed by atoms with Gasteiger partial charge >= 0.3 is 0 Å². The number of nitrogens with one attached hydrogen (secondary N) is 1. The maximum atomic E-state index is 12.4. The second kappa shape index (κ2) is 6.77. The Balaban J connectivity index is 1.91. The lowest BCUT2D eigenvalue weighted by Crippen LogP contribution is -2.45. The summed E-state index contributed by atoms with van der Waals surface area (Å²) in [6.45, 7) is 1.83. The predicted molar refractivity (Wildman–Crippen MR) is 77.0 cm³/mol. The summed E-state index contributed by atoms with van der Waals surface area (Å²) in [7, 11) is 0. The second-order valence-electron chi connectivity index (χ2n) is 5.90. The van der Waals surface area contributed by atoms with Gasteiger partial charge in [0, 0.05) is 12.5 Å². The molecule has 0 saturated heterocycles. The van der Waals surface area contributed by atoms with Crippen molar-refractivity contribution < 1.29 is 14.3 Å². The largest absolute Gasteiger partial charge is 0.467 e. The van der Waals surface area contributed by atoms with Gasteiger partial charge < -0.3 is 14.8 Å². The Labute approximate surface area is 124 Å². The van der Waals surface area contributed by atoms with Crippen molar-refractivity contribution in [1.82, 2.24) is 5.32 Å². The summed E-state index contributed by atoms with van der Waals surface area (Å²) in [5.74, 6) is 0.285. The van der Waals surface area contributed by atoms with Crippen molar-refractivity contribution in [3.05, 3.63) is 24.2 Å². The number of aliphatic hydroxyl groups excluding tert-OH is 1. The summed E-state index contributed by atoms with van der Waals surface area (Å²) >= 11 is 0. The molecule has 1 aromatic rings. The van der Waals surface area contributed by atoms with E-state index in [1.807, 2.05) is 6.92 Å². The summed E-state index contributed by atoms with van der Waals surface area (Å²) in [5.41, 5.74) is -0.887. The minimum Gasteiger partial charge on any atom is -0.467 e. The third-order valence-electron chi connectivity index (χ3n) is 4.18. The quantitative estimate of drug-likeness (QED) is 0.873. The van der Waals surface area contributed by atoms with Gasteiger partial charge in [0.15, 0.2) is 0 Å². The fourth-order valence-electron chi connectivity index (χ4n) is 2.90. The van der Waals surface area contributed by atoms with Gasteiger partial charge in [-0.1, -0.05) is 19.3 Å². The molecule has 0 radical (unpaired) electrons. The van der Waals surface area contributed by atoms with Crippen molar-refractivity contribution in [3.63, 3.8) is 0 Å². The number of carbonyl (C=O) groups is 1. The molecule has 2 rings (SSSR count). The molecule has 1 aliphatic rings. The molecule has 2 unspecified atom stereocenters. The number of hydrogen-bond donors (Lipinski definition) is 2. The number of carbonyl (C=O) groups excluding carboxylic acids is 1. The molecular formula is C16H22N2O3. The van der Waals surface area contributed by atoms with Crippen LogP contribution in [0, 0.1) is 16.7 Å². The number of hydrogen-bond acceptors (Lipinski definition) is 4. The zero-order valence-corrected chi connectivity index (χ0v) is 12.3. The molecule has 2 N–H and O–H groups in total. The van der Waals surface area contributed by atoms with E-state index in [-0.39, 0.29) is 11.9 Å². The zero-order valence-electron chi connectivity index (χ0n) is 12.3. The van der Waals surface area contributed by atoms with Crippen molar-refractivity contribution in [3.8, 4) is 6.07 Å². The van der Waals surface area contributed by atoms with E-state index in [0.717, 1.165) is 19.3 Å². The molecule has 0 aliphatic heterocycles. The van der Waals surface area contributed by atoms with Gasteiger partial charge in [0.2, 0.25) is 5.91 Å². The van der Waals surface area contributed by atoms with Crippen LogP contribution in [-0.4, -0.2) is 17.1 Å². The Morgan fingerprint density at radius 1 is 1.52 bits per heavy atom. The highest BCUT2D eigenvalue weighted by molar-refractivity contribution is 5.85. The van der Waals surface area contributed by atoms with Crippen molar-refractivity contribution >= 4 is 5.91 Å². The first kappa shape index (κ1) is 15.6. The van der Waals surface area contributed by atoms with Gasteiger partial charge in [-0.05, 0) is 31.9 Å². The molecule has 0 spiro atoms. The Hall–Kier alpha value is -1.80. The van der Waals surface area contributed by atoms with Gasteiger partial charge in [0.25, 0.3) is 0 Å². The highest BCUT2D eigenvalue weighted by Gasteiger charge is 2.40. The van der Waals surface area contributed by atoms with Crippen LogP contribution in [-0.2, 0) is 4.79 Å². The second-order valence-corrected chi connectivity index (χ2v) is 5.90. The van der Waals surface area contributed by atoms with Crippen LogP contribution < -0.4 is 5.32 Å². The molecule has 1 aromatic heterocycles. The average Bonchev–Trinajstić information content (AvgIpc) is 3.02. The topological polar surface area (TPSA) is 86.3 Å². The predicted octanol–water partition coefficient (Wildman–Crippen LogP) is 2.68. The smallest absolute Gasteiger partial charge is 0.240 e. The molecule has 5 heteroatoms. The van der Waals surface area contributed by atoms with E-state index in [1.54, 1.807) is 12.1 Å². The first-order chi connectivity index (χ1) is 10.1. The van der Waals surface area contributed by atoms with E-state index in [0.29, 0.717) is 25.0 Å². The number of amides is 1. The van der Waals surface area contributed by atoms with E-state index in [1.165, 1.54) is 6.26 Å². The lowest BCUT2D eigenvalue weighted by atomic mass is 9.74. The maximum absolute atomic E-state index is 12.4. The summed E-state index contributed by atoms with van der Waals surface area (Å²) in [6.07, 6.45) is 5.30. The van der Waals surface area contributed by atoms with Crippen molar-refractivity contribution in [2.75, 3.05) is 0 Å². The normalized spacial score (nSPS) is 20.2. The van der Waals surface area contributed by atoms with Crippen LogP contribution in [0.5, 0.6) is 0 Å². The van der Waals surface area contributed by atoms with Gasteiger partial charge in [-0.3, -0.25) is 4.79 Å². The summed E-state index contributed by atoms with van der Waals surface area (Å²) in [5, 5.41) is 22.3. The molecular weight excluding hydrogens is 268 g/mol. The van der Waals surface area contributed by atoms with Crippen LogP contribution in [0.1, 0.15) is 57.3 Å². The molecule has 1 amide bonds. The van der Waals surface area contributed by atoms with Gasteiger partial charge in [-0.2, -0.15) is 5.26 Å². The molecule has 21 heavy (non-hydrogen) atoms. The molecule has 114 valence electrons. The van der Waals surface area contributed by atoms with E-state index in [4.69, 9.17) is 4.42 Å². The number of furan rings is 1. The minimum absolute atomic E-state index is 0.205. The highest BCUT2D eigenvalue weighted by atomic mass is 16.4. The van der Waals surface area contributed by atoms with Gasteiger partial charge in [-0.15, -0.1) is 0 Å². The molecule has 1 aliphatic carbocycles. The third-order valence-corrected chi connectivity index (χ3v) is 4.18. The fraction of sp³-hybridized carbons (Fsp3) is 0.625. The van der Waals surface area contributed by atoms with E-state index >= 15 is 0 Å². The Kier molecular flexibility index (Phi) is 5.03. The third kappa shape index (κ3) is 3.64. The first-order valence-corrected chi connectivity index (χ1v) is 7.51. The van der Waals surface area contributed by atoms with Crippen LogP contribution in [0.25, 0.3) is 0 Å². The van der Waals surface area contributed by atoms with Crippen LogP contribution in [0.15, 0.2) is 22.8 Å². The number of nitriles is 1. The Morgan fingerprint density at radius 2 is 2.24 bits per heavy atom. The molecule has 0 bridgehead atoms. The fourth-order valence-corrected chi connectivity index (χ4v) is 2.90. The summed E-state index contributed by atoms with van der Waals surface area (Å²) in [4.78, 5) is 12.4. The zero-order chi connectivity index (χ0) is 15.3. The number of nitrogens with zero attached hydrogens (tertiary/aromatic N) is 1. The van der Waals surface area contributed by atoms with Crippen molar-refractivity contribution in [2.24, 2.45) is 5.41 Å². The number of rotatable bonds is 5. The molecule has 1 fully saturated rings. The molecule has 5 nitrogen and oxygen atoms in total. The van der Waals surface area contributed by atoms with Gasteiger partial charge in [0.05, 0.1) is 12.3 Å². The monoisotopic (exact) mass is 290 g/mol.